The van der Waals surface area contributed by atoms with Gasteiger partial charge in [-0.3, -0.25) is 0 Å². The fourth-order valence-corrected chi connectivity index (χ4v) is 0. The molecule has 45 valence electrons. The molecule has 0 aromatic carbocycles. The molecule has 1 radical (unpaired) electrons. The SMILES string of the molecule is [AlH3].[AlH3].[AlH3].[AlH3].[AlH3].[AlH3].[Ti].[V]. The van der Waals surface area contributed by atoms with Crippen LogP contribution in [0.3, 0.4) is 0 Å². The van der Waals surface area contributed by atoms with E-state index in [0.717, 1.165) is 0 Å². The smallest absolute Gasteiger partial charge is 0 e. The minimum absolute atomic E-state index is 0. The Morgan fingerprint density at radius 1 is 0.375 bits per heavy atom. The van der Waals surface area contributed by atoms with Crippen molar-refractivity contribution in [2.45, 2.75) is 0 Å². The average molecular weight is 279 g/mol. The van der Waals surface area contributed by atoms with Gasteiger partial charge in [-0.05, 0) is 0 Å². The third-order valence-electron chi connectivity index (χ3n) is 0. The van der Waals surface area contributed by atoms with Crippen molar-refractivity contribution in [3.63, 3.8) is 0 Å². The molecule has 0 bridgehead atoms. The molecule has 0 nitrogen and oxygen atoms in total. The van der Waals surface area contributed by atoms with Gasteiger partial charge < -0.3 is 0 Å². The Kier molecular flexibility index (Phi) is 640. The maximum absolute atomic E-state index is 0. The minimum Gasteiger partial charge on any atom is 0 e. The predicted octanol–water partition coefficient (Wildman–Crippen LogP) is -7.11. The summed E-state index contributed by atoms with van der Waals surface area (Å²) in [5.41, 5.74) is 0. The van der Waals surface area contributed by atoms with Crippen LogP contribution in [0.5, 0.6) is 0 Å². The third-order valence-corrected chi connectivity index (χ3v) is 0. The van der Waals surface area contributed by atoms with Gasteiger partial charge in [0.25, 0.3) is 0 Å². The van der Waals surface area contributed by atoms with Gasteiger partial charge in [0.2, 0.25) is 0 Å². The van der Waals surface area contributed by atoms with E-state index in [0.29, 0.717) is 0 Å². The molecule has 0 saturated carbocycles. The van der Waals surface area contributed by atoms with E-state index in [-0.39, 0.29) is 144 Å². The summed E-state index contributed by atoms with van der Waals surface area (Å²) < 4.78 is 0. The van der Waals surface area contributed by atoms with Crippen molar-refractivity contribution in [3.05, 3.63) is 0 Å². The maximum atomic E-state index is 0. The van der Waals surface area contributed by atoms with Crippen LogP contribution in [0.2, 0.25) is 0 Å². The fraction of sp³-hybridized carbons (Fsp3) is 0. The van der Waals surface area contributed by atoms with Crippen LogP contribution < -0.4 is 0 Å². The molecule has 8 heteroatoms. The predicted molar refractivity (Wildman–Crippen MR) is 59.6 cm³/mol. The van der Waals surface area contributed by atoms with E-state index in [2.05, 4.69) is 0 Å². The van der Waals surface area contributed by atoms with Crippen LogP contribution in [0.15, 0.2) is 0 Å². The van der Waals surface area contributed by atoms with E-state index in [9.17, 15) is 0 Å². The molecule has 0 amide bonds. The zero-order valence-corrected chi connectivity index (χ0v) is 3.91. The number of rotatable bonds is 0. The Bertz CT molecular complexity index is 8.49. The van der Waals surface area contributed by atoms with E-state index >= 15 is 0 Å². The van der Waals surface area contributed by atoms with Gasteiger partial charge in [0.05, 0.1) is 0 Å². The van der Waals surface area contributed by atoms with Crippen LogP contribution in [0, 0.1) is 0 Å². The maximum Gasteiger partial charge on any atom is 0.187 e. The summed E-state index contributed by atoms with van der Waals surface area (Å²) >= 11 is 0. The minimum atomic E-state index is 0. The first-order valence-corrected chi connectivity index (χ1v) is 0. The van der Waals surface area contributed by atoms with E-state index in [1.54, 1.807) is 0 Å². The third kappa shape index (κ3) is 46.8. The first kappa shape index (κ1) is 81.7. The monoisotopic (exact) mass is 279 g/mol. The zero-order valence-electron chi connectivity index (χ0n) is 0.947. The number of hydrogen-bond acceptors (Lipinski definition) is 0. The molecule has 0 rings (SSSR count). The van der Waals surface area contributed by atoms with Gasteiger partial charge >= 0.3 is 0 Å². The Hall–Kier alpha value is 4.49. The van der Waals surface area contributed by atoms with Gasteiger partial charge in [0.15, 0.2) is 104 Å². The van der Waals surface area contributed by atoms with Crippen molar-refractivity contribution in [3.8, 4) is 0 Å². The topological polar surface area (TPSA) is 0 Å². The van der Waals surface area contributed by atoms with Crippen LogP contribution in [0.4, 0.5) is 0 Å². The molecule has 0 fully saturated rings. The van der Waals surface area contributed by atoms with Gasteiger partial charge in [-0.25, -0.2) is 0 Å². The van der Waals surface area contributed by atoms with E-state index in [1.165, 1.54) is 0 Å². The van der Waals surface area contributed by atoms with Gasteiger partial charge in [-0.2, -0.15) is 0 Å². The molecule has 0 N–H and O–H groups in total. The van der Waals surface area contributed by atoms with Crippen molar-refractivity contribution >= 4 is 104 Å². The first-order valence-electron chi connectivity index (χ1n) is 0. The standard InChI is InChI=1S/6Al.Ti.V.18H. The zero-order chi connectivity index (χ0) is 0. The largest absolute Gasteiger partial charge is 0.187 e. The summed E-state index contributed by atoms with van der Waals surface area (Å²) in [6.07, 6.45) is 0. The van der Waals surface area contributed by atoms with Crippen molar-refractivity contribution in [1.29, 1.82) is 0 Å². The van der Waals surface area contributed by atoms with Crippen molar-refractivity contribution in [2.75, 3.05) is 0 Å². The second kappa shape index (κ2) is 62.7. The Balaban J connectivity index is 0. The molecule has 0 saturated heterocycles. The molecule has 0 aromatic rings. The Morgan fingerprint density at radius 2 is 0.375 bits per heavy atom. The molecular formula is H18Al6TiV. The average Bonchev–Trinajstić information content (AvgIpc) is 0. The van der Waals surface area contributed by atoms with Crippen LogP contribution in [-0.4, -0.2) is 104 Å². The summed E-state index contributed by atoms with van der Waals surface area (Å²) in [5, 5.41) is 0. The van der Waals surface area contributed by atoms with E-state index in [4.69, 9.17) is 0 Å². The van der Waals surface area contributed by atoms with Gasteiger partial charge in [0, 0.05) is 40.3 Å². The van der Waals surface area contributed by atoms with Crippen LogP contribution in [0.25, 0.3) is 0 Å². The van der Waals surface area contributed by atoms with Crippen LogP contribution in [0.1, 0.15) is 0 Å². The molecule has 0 atom stereocenters. The molecule has 0 aliphatic rings. The van der Waals surface area contributed by atoms with Gasteiger partial charge in [0.1, 0.15) is 0 Å². The van der Waals surface area contributed by atoms with Crippen molar-refractivity contribution < 1.29 is 40.3 Å². The number of hydrogen-bond donors (Lipinski definition) is 0. The Morgan fingerprint density at radius 3 is 0.375 bits per heavy atom. The second-order valence-corrected chi connectivity index (χ2v) is 0. The van der Waals surface area contributed by atoms with Crippen molar-refractivity contribution in [1.82, 2.24) is 0 Å². The normalized spacial score (nSPS) is 0. The fourth-order valence-electron chi connectivity index (χ4n) is 0. The van der Waals surface area contributed by atoms with E-state index < -0.39 is 0 Å². The molecule has 0 aliphatic heterocycles. The summed E-state index contributed by atoms with van der Waals surface area (Å²) in [5.74, 6) is 0. The second-order valence-electron chi connectivity index (χ2n) is 0. The summed E-state index contributed by atoms with van der Waals surface area (Å²) in [6, 6.07) is 0. The Labute approximate surface area is 142 Å². The molecule has 8 heavy (non-hydrogen) atoms. The van der Waals surface area contributed by atoms with E-state index in [1.807, 2.05) is 0 Å². The van der Waals surface area contributed by atoms with Crippen LogP contribution >= 0.6 is 0 Å². The first-order chi connectivity index (χ1) is 0. The summed E-state index contributed by atoms with van der Waals surface area (Å²) in [6.45, 7) is 0. The summed E-state index contributed by atoms with van der Waals surface area (Å²) in [4.78, 5) is 0. The molecule has 0 unspecified atom stereocenters. The molecule has 0 aromatic heterocycles. The van der Waals surface area contributed by atoms with Gasteiger partial charge in [-0.1, -0.05) is 0 Å². The quantitative estimate of drug-likeness (QED) is 0.387. The summed E-state index contributed by atoms with van der Waals surface area (Å²) in [7, 11) is 0. The molecule has 0 spiro atoms. The molecule has 0 heterocycles. The van der Waals surface area contributed by atoms with Crippen LogP contribution in [-0.2, 0) is 40.3 Å². The van der Waals surface area contributed by atoms with Crippen molar-refractivity contribution in [2.24, 2.45) is 0 Å². The van der Waals surface area contributed by atoms with Gasteiger partial charge in [-0.15, -0.1) is 0 Å². The molecular weight excluding hydrogens is 261 g/mol. The molecule has 0 aliphatic carbocycles.